The molecule has 0 spiro atoms. The van der Waals surface area contributed by atoms with Crippen molar-refractivity contribution >= 4 is 17.3 Å². The van der Waals surface area contributed by atoms with E-state index in [1.165, 1.54) is 0 Å². The molecular formula is C16H29N3O2S. The number of thiophene rings is 1. The lowest BCUT2D eigenvalue weighted by atomic mass is 10.00. The van der Waals surface area contributed by atoms with Gasteiger partial charge in [0.15, 0.2) is 5.96 Å². The maximum Gasteiger partial charge on any atom is 0.191 e. The van der Waals surface area contributed by atoms with E-state index in [1.807, 2.05) is 30.7 Å². The summed E-state index contributed by atoms with van der Waals surface area (Å²) in [5, 5.41) is 20.9. The van der Waals surface area contributed by atoms with Crippen LogP contribution in [-0.2, 0) is 10.3 Å². The highest BCUT2D eigenvalue weighted by atomic mass is 32.1. The maximum atomic E-state index is 10.5. The van der Waals surface area contributed by atoms with E-state index >= 15 is 0 Å². The molecule has 0 fully saturated rings. The van der Waals surface area contributed by atoms with Gasteiger partial charge in [0.25, 0.3) is 0 Å². The maximum absolute atomic E-state index is 10.5. The zero-order valence-electron chi connectivity index (χ0n) is 13.9. The Bertz CT molecular complexity index is 419. The largest absolute Gasteiger partial charge is 0.383 e. The van der Waals surface area contributed by atoms with E-state index < -0.39 is 5.60 Å². The molecule has 0 aromatic carbocycles. The van der Waals surface area contributed by atoms with E-state index in [2.05, 4.69) is 15.6 Å². The molecule has 0 aliphatic carbocycles. The smallest absolute Gasteiger partial charge is 0.191 e. The van der Waals surface area contributed by atoms with Crippen LogP contribution in [0.5, 0.6) is 0 Å². The van der Waals surface area contributed by atoms with Gasteiger partial charge in [-0.05, 0) is 56.0 Å². The number of rotatable bonds is 10. The number of nitrogens with zero attached hydrogens (tertiary/aromatic N) is 1. The number of guanidine groups is 1. The topological polar surface area (TPSA) is 65.9 Å². The molecule has 126 valence electrons. The van der Waals surface area contributed by atoms with E-state index in [9.17, 15) is 5.11 Å². The third kappa shape index (κ3) is 7.24. The average molecular weight is 327 g/mol. The van der Waals surface area contributed by atoms with Crippen LogP contribution >= 0.6 is 11.3 Å². The third-order valence-corrected chi connectivity index (χ3v) is 3.93. The van der Waals surface area contributed by atoms with Gasteiger partial charge in [0.05, 0.1) is 6.54 Å². The molecule has 1 rings (SSSR count). The van der Waals surface area contributed by atoms with E-state index in [0.29, 0.717) is 6.54 Å². The van der Waals surface area contributed by atoms with Gasteiger partial charge in [-0.15, -0.1) is 0 Å². The third-order valence-electron chi connectivity index (χ3n) is 3.24. The summed E-state index contributed by atoms with van der Waals surface area (Å²) >= 11 is 1.58. The van der Waals surface area contributed by atoms with Crippen LogP contribution in [0.3, 0.4) is 0 Å². The van der Waals surface area contributed by atoms with E-state index in [4.69, 9.17) is 4.74 Å². The highest BCUT2D eigenvalue weighted by Gasteiger charge is 2.23. The lowest BCUT2D eigenvalue weighted by molar-refractivity contribution is 0.0677. The van der Waals surface area contributed by atoms with Crippen LogP contribution in [0, 0.1) is 0 Å². The monoisotopic (exact) mass is 327 g/mol. The van der Waals surface area contributed by atoms with Crippen LogP contribution in [0.25, 0.3) is 0 Å². The summed E-state index contributed by atoms with van der Waals surface area (Å²) in [7, 11) is 0. The van der Waals surface area contributed by atoms with Crippen molar-refractivity contribution in [2.45, 2.75) is 39.2 Å². The summed E-state index contributed by atoms with van der Waals surface area (Å²) in [5.41, 5.74) is -0.0223. The molecule has 1 heterocycles. The summed E-state index contributed by atoms with van der Waals surface area (Å²) in [6.45, 7) is 9.39. The predicted octanol–water partition coefficient (Wildman–Crippen LogP) is 2.33. The number of aliphatic imine (C=N–C) groups is 1. The van der Waals surface area contributed by atoms with Crippen molar-refractivity contribution in [3.05, 3.63) is 22.4 Å². The van der Waals surface area contributed by atoms with Gasteiger partial charge >= 0.3 is 0 Å². The molecule has 0 aliphatic rings. The van der Waals surface area contributed by atoms with Gasteiger partial charge in [0.1, 0.15) is 5.60 Å². The Morgan fingerprint density at radius 2 is 2.18 bits per heavy atom. The van der Waals surface area contributed by atoms with E-state index in [0.717, 1.165) is 50.7 Å². The van der Waals surface area contributed by atoms with Crippen LogP contribution in [0.4, 0.5) is 0 Å². The van der Waals surface area contributed by atoms with Crippen molar-refractivity contribution in [1.82, 2.24) is 10.6 Å². The number of aliphatic hydroxyl groups is 1. The fourth-order valence-electron chi connectivity index (χ4n) is 1.92. The summed E-state index contributed by atoms with van der Waals surface area (Å²) in [6.07, 6.45) is 2.07. The van der Waals surface area contributed by atoms with Gasteiger partial charge in [-0.1, -0.05) is 0 Å². The van der Waals surface area contributed by atoms with Crippen molar-refractivity contribution < 1.29 is 9.84 Å². The Morgan fingerprint density at radius 1 is 1.36 bits per heavy atom. The first-order chi connectivity index (χ1) is 10.6. The molecule has 22 heavy (non-hydrogen) atoms. The summed E-state index contributed by atoms with van der Waals surface area (Å²) < 4.78 is 5.32. The molecule has 0 amide bonds. The Hall–Kier alpha value is -1.11. The molecule has 3 N–H and O–H groups in total. The van der Waals surface area contributed by atoms with Gasteiger partial charge in [0, 0.05) is 26.3 Å². The molecule has 0 bridgehead atoms. The molecule has 5 nitrogen and oxygen atoms in total. The van der Waals surface area contributed by atoms with Crippen LogP contribution in [-0.4, -0.2) is 43.9 Å². The SMILES string of the molecule is CCNC(=NCC(C)(O)c1ccsc1)NCCCCOCC. The minimum atomic E-state index is -0.933. The second-order valence-corrected chi connectivity index (χ2v) is 6.09. The van der Waals surface area contributed by atoms with Crippen LogP contribution in [0.2, 0.25) is 0 Å². The molecule has 0 saturated carbocycles. The Morgan fingerprint density at radius 3 is 2.82 bits per heavy atom. The molecule has 1 aromatic heterocycles. The lowest BCUT2D eigenvalue weighted by Crippen LogP contribution is -2.39. The van der Waals surface area contributed by atoms with Crippen molar-refractivity contribution in [3.63, 3.8) is 0 Å². The second-order valence-electron chi connectivity index (χ2n) is 5.31. The molecule has 0 radical (unpaired) electrons. The van der Waals surface area contributed by atoms with Gasteiger partial charge in [0.2, 0.25) is 0 Å². The zero-order chi connectivity index (χ0) is 16.3. The number of hydrogen-bond donors (Lipinski definition) is 3. The first kappa shape index (κ1) is 18.9. The predicted molar refractivity (Wildman–Crippen MR) is 93.6 cm³/mol. The Labute approximate surface area is 137 Å². The van der Waals surface area contributed by atoms with Crippen LogP contribution < -0.4 is 10.6 Å². The van der Waals surface area contributed by atoms with Crippen LogP contribution in [0.1, 0.15) is 39.2 Å². The van der Waals surface area contributed by atoms with Crippen LogP contribution in [0.15, 0.2) is 21.8 Å². The van der Waals surface area contributed by atoms with Crippen molar-refractivity contribution in [2.24, 2.45) is 4.99 Å². The highest BCUT2D eigenvalue weighted by Crippen LogP contribution is 2.23. The summed E-state index contributed by atoms with van der Waals surface area (Å²) in [4.78, 5) is 4.49. The summed E-state index contributed by atoms with van der Waals surface area (Å²) in [5.74, 6) is 0.745. The second kappa shape index (κ2) is 10.6. The average Bonchev–Trinajstić information content (AvgIpc) is 3.03. The minimum Gasteiger partial charge on any atom is -0.383 e. The molecule has 1 atom stereocenters. The number of unbranched alkanes of at least 4 members (excludes halogenated alkanes) is 1. The van der Waals surface area contributed by atoms with Crippen molar-refractivity contribution in [2.75, 3.05) is 32.8 Å². The van der Waals surface area contributed by atoms with Gasteiger partial charge in [-0.25, -0.2) is 4.99 Å². The zero-order valence-corrected chi connectivity index (χ0v) is 14.7. The van der Waals surface area contributed by atoms with E-state index in [1.54, 1.807) is 18.3 Å². The molecule has 1 aromatic rings. The number of nitrogens with one attached hydrogen (secondary N) is 2. The fourth-order valence-corrected chi connectivity index (χ4v) is 2.70. The minimum absolute atomic E-state index is 0.331. The lowest BCUT2D eigenvalue weighted by Gasteiger charge is -2.21. The Kier molecular flexibility index (Phi) is 9.11. The molecule has 0 saturated heterocycles. The molecule has 1 unspecified atom stereocenters. The van der Waals surface area contributed by atoms with E-state index in [-0.39, 0.29) is 0 Å². The number of hydrogen-bond acceptors (Lipinski definition) is 4. The fraction of sp³-hybridized carbons (Fsp3) is 0.688. The number of ether oxygens (including phenoxy) is 1. The van der Waals surface area contributed by atoms with Gasteiger partial charge in [-0.2, -0.15) is 11.3 Å². The quantitative estimate of drug-likeness (QED) is 0.350. The first-order valence-corrected chi connectivity index (χ1v) is 8.89. The first-order valence-electron chi connectivity index (χ1n) is 7.95. The highest BCUT2D eigenvalue weighted by molar-refractivity contribution is 7.08. The van der Waals surface area contributed by atoms with Crippen molar-refractivity contribution in [1.29, 1.82) is 0 Å². The molecule has 0 aliphatic heterocycles. The molecule has 6 heteroatoms. The van der Waals surface area contributed by atoms with Gasteiger partial charge in [-0.3, -0.25) is 0 Å². The normalized spacial score (nSPS) is 14.6. The van der Waals surface area contributed by atoms with Crippen molar-refractivity contribution in [3.8, 4) is 0 Å². The molecular weight excluding hydrogens is 298 g/mol. The summed E-state index contributed by atoms with van der Waals surface area (Å²) in [6, 6.07) is 1.94. The van der Waals surface area contributed by atoms with Gasteiger partial charge < -0.3 is 20.5 Å². The standard InChI is InChI=1S/C16H29N3O2S/c1-4-17-15(18-9-6-7-10-21-5-2)19-13-16(3,20)14-8-11-22-12-14/h8,11-12,20H,4-7,9-10,13H2,1-3H3,(H2,17,18,19). The Balaban J connectivity index is 2.41.